The van der Waals surface area contributed by atoms with Crippen molar-refractivity contribution in [2.75, 3.05) is 0 Å². The lowest BCUT2D eigenvalue weighted by Gasteiger charge is -1.98. The lowest BCUT2D eigenvalue weighted by atomic mass is 10.3. The van der Waals surface area contributed by atoms with Gasteiger partial charge in [-0.15, -0.1) is 0 Å². The van der Waals surface area contributed by atoms with Crippen molar-refractivity contribution in [2.24, 2.45) is 0 Å². The number of hydrogen-bond donors (Lipinski definition) is 0. The van der Waals surface area contributed by atoms with Gasteiger partial charge in [0.15, 0.2) is 0 Å². The molecule has 2 heterocycles. The average molecular weight is 186 g/mol. The molecule has 0 saturated carbocycles. The van der Waals surface area contributed by atoms with Gasteiger partial charge in [-0.1, -0.05) is 6.42 Å². The Bertz CT molecular complexity index is 522. The quantitative estimate of drug-likeness (QED) is 0.587. The number of ether oxygens (including phenoxy) is 1. The molecule has 0 aromatic carbocycles. The molecule has 14 heavy (non-hydrogen) atoms. The van der Waals surface area contributed by atoms with Crippen LogP contribution in [0.15, 0.2) is 30.6 Å². The number of terminal acetylenes is 1. The third-order valence-electron chi connectivity index (χ3n) is 1.79. The molecule has 68 valence electrons. The molecule has 0 atom stereocenters. The van der Waals surface area contributed by atoms with Crippen LogP contribution in [0.25, 0.3) is 11.0 Å². The highest BCUT2D eigenvalue weighted by molar-refractivity contribution is 5.86. The van der Waals surface area contributed by atoms with Crippen LogP contribution in [0.5, 0.6) is 0 Å². The SMILES string of the molecule is C#COC(=O)n1ccc2cccnc21. The molecule has 0 aliphatic carbocycles. The average Bonchev–Trinajstić information content (AvgIpc) is 2.61. The fourth-order valence-corrected chi connectivity index (χ4v) is 1.21. The molecule has 0 N–H and O–H groups in total. The lowest BCUT2D eigenvalue weighted by Crippen LogP contribution is -2.09. The predicted molar refractivity (Wildman–Crippen MR) is 50.4 cm³/mol. The second kappa shape index (κ2) is 3.23. The van der Waals surface area contributed by atoms with Crippen LogP contribution in [0, 0.1) is 12.5 Å². The van der Waals surface area contributed by atoms with Gasteiger partial charge in [-0.05, 0) is 18.2 Å². The molecule has 2 rings (SSSR count). The molecule has 0 aliphatic heterocycles. The van der Waals surface area contributed by atoms with Crippen molar-refractivity contribution in [3.63, 3.8) is 0 Å². The van der Waals surface area contributed by atoms with E-state index >= 15 is 0 Å². The number of carbonyl (C=O) groups excluding carboxylic acids is 1. The van der Waals surface area contributed by atoms with Gasteiger partial charge in [-0.2, -0.15) is 0 Å². The highest BCUT2D eigenvalue weighted by Gasteiger charge is 2.09. The van der Waals surface area contributed by atoms with Crippen molar-refractivity contribution >= 4 is 17.1 Å². The topological polar surface area (TPSA) is 44.1 Å². The second-order valence-electron chi connectivity index (χ2n) is 2.59. The van der Waals surface area contributed by atoms with Crippen LogP contribution >= 0.6 is 0 Å². The van der Waals surface area contributed by atoms with Crippen molar-refractivity contribution < 1.29 is 9.53 Å². The zero-order chi connectivity index (χ0) is 9.97. The van der Waals surface area contributed by atoms with Crippen molar-refractivity contribution in [3.05, 3.63) is 30.6 Å². The monoisotopic (exact) mass is 186 g/mol. The minimum Gasteiger partial charge on any atom is -0.355 e. The molecule has 0 amide bonds. The number of nitrogens with zero attached hydrogens (tertiary/aromatic N) is 2. The van der Waals surface area contributed by atoms with E-state index in [1.54, 1.807) is 24.5 Å². The Hall–Kier alpha value is -2.28. The highest BCUT2D eigenvalue weighted by atomic mass is 16.5. The summed E-state index contributed by atoms with van der Waals surface area (Å²) in [5, 5.41) is 0.862. The molecule has 4 nitrogen and oxygen atoms in total. The van der Waals surface area contributed by atoms with Gasteiger partial charge in [-0.3, -0.25) is 0 Å². The third kappa shape index (κ3) is 1.21. The van der Waals surface area contributed by atoms with E-state index in [4.69, 9.17) is 6.42 Å². The Morgan fingerprint density at radius 3 is 3.21 bits per heavy atom. The normalized spacial score (nSPS) is 9.64. The summed E-state index contributed by atoms with van der Waals surface area (Å²) in [6, 6.07) is 5.40. The summed E-state index contributed by atoms with van der Waals surface area (Å²) < 4.78 is 5.67. The molecule has 0 aliphatic rings. The summed E-state index contributed by atoms with van der Waals surface area (Å²) in [5.41, 5.74) is 0.535. The molecular weight excluding hydrogens is 180 g/mol. The van der Waals surface area contributed by atoms with Crippen LogP contribution in [-0.4, -0.2) is 15.6 Å². The van der Waals surface area contributed by atoms with E-state index in [-0.39, 0.29) is 0 Å². The fourth-order valence-electron chi connectivity index (χ4n) is 1.21. The first-order chi connectivity index (χ1) is 6.83. The molecule has 0 radical (unpaired) electrons. The molecule has 0 spiro atoms. The maximum atomic E-state index is 11.3. The number of hydrogen-bond acceptors (Lipinski definition) is 3. The Morgan fingerprint density at radius 2 is 2.43 bits per heavy atom. The zero-order valence-corrected chi connectivity index (χ0v) is 7.18. The molecule has 4 heteroatoms. The van der Waals surface area contributed by atoms with Gasteiger partial charge in [-0.25, -0.2) is 14.3 Å². The lowest BCUT2D eigenvalue weighted by molar-refractivity contribution is 0.195. The second-order valence-corrected chi connectivity index (χ2v) is 2.59. The summed E-state index contributed by atoms with van der Waals surface area (Å²) in [4.78, 5) is 15.3. The minimum absolute atomic E-state index is 0.535. The number of carbonyl (C=O) groups is 1. The van der Waals surface area contributed by atoms with Crippen LogP contribution in [0.1, 0.15) is 0 Å². The molecule has 0 bridgehead atoms. The fraction of sp³-hybridized carbons (Fsp3) is 0. The summed E-state index contributed by atoms with van der Waals surface area (Å²) in [5.74, 6) is 0. The van der Waals surface area contributed by atoms with Gasteiger partial charge >= 0.3 is 6.09 Å². The van der Waals surface area contributed by atoms with E-state index in [1.807, 2.05) is 12.2 Å². The van der Waals surface area contributed by atoms with Crippen LogP contribution in [-0.2, 0) is 4.74 Å². The molecule has 0 saturated heterocycles. The van der Waals surface area contributed by atoms with Crippen molar-refractivity contribution in [1.29, 1.82) is 0 Å². The predicted octanol–water partition coefficient (Wildman–Crippen LogP) is 1.61. The van der Waals surface area contributed by atoms with Crippen LogP contribution in [0.2, 0.25) is 0 Å². The maximum Gasteiger partial charge on any atom is 0.433 e. The highest BCUT2D eigenvalue weighted by Crippen LogP contribution is 2.12. The Kier molecular flexibility index (Phi) is 1.92. The molecule has 2 aromatic heterocycles. The van der Waals surface area contributed by atoms with Crippen LogP contribution < -0.4 is 0 Å². The van der Waals surface area contributed by atoms with Crippen LogP contribution in [0.3, 0.4) is 0 Å². The molecule has 0 unspecified atom stereocenters. The standard InChI is InChI=1S/C10H6N2O2/c1-2-14-10(13)12-7-5-8-4-3-6-11-9(8)12/h1,3-7H. The van der Waals surface area contributed by atoms with Crippen molar-refractivity contribution in [3.8, 4) is 12.5 Å². The molecule has 2 aromatic rings. The van der Waals surface area contributed by atoms with Gasteiger partial charge < -0.3 is 4.74 Å². The Balaban J connectivity index is 2.54. The molecular formula is C10H6N2O2. The van der Waals surface area contributed by atoms with Crippen LogP contribution in [0.4, 0.5) is 4.79 Å². The maximum absolute atomic E-state index is 11.3. The number of rotatable bonds is 0. The minimum atomic E-state index is -0.624. The first kappa shape index (κ1) is 8.32. The van der Waals surface area contributed by atoms with E-state index in [1.165, 1.54) is 4.57 Å². The number of fused-ring (bicyclic) bond motifs is 1. The van der Waals surface area contributed by atoms with Gasteiger partial charge in [0.25, 0.3) is 0 Å². The smallest absolute Gasteiger partial charge is 0.355 e. The van der Waals surface area contributed by atoms with Gasteiger partial charge in [0.2, 0.25) is 0 Å². The summed E-state index contributed by atoms with van der Waals surface area (Å²) in [7, 11) is 0. The van der Waals surface area contributed by atoms with E-state index in [0.29, 0.717) is 5.65 Å². The van der Waals surface area contributed by atoms with Gasteiger partial charge in [0, 0.05) is 17.8 Å². The summed E-state index contributed by atoms with van der Waals surface area (Å²) in [6.07, 6.45) is 9.22. The van der Waals surface area contributed by atoms with E-state index < -0.39 is 6.09 Å². The number of pyridine rings is 1. The Morgan fingerprint density at radius 1 is 1.57 bits per heavy atom. The largest absolute Gasteiger partial charge is 0.433 e. The molecule has 0 fully saturated rings. The van der Waals surface area contributed by atoms with Crippen molar-refractivity contribution in [1.82, 2.24) is 9.55 Å². The van der Waals surface area contributed by atoms with E-state index in [0.717, 1.165) is 5.39 Å². The first-order valence-electron chi connectivity index (χ1n) is 3.92. The Labute approximate surface area is 80.1 Å². The van der Waals surface area contributed by atoms with Crippen molar-refractivity contribution in [2.45, 2.75) is 0 Å². The summed E-state index contributed by atoms with van der Waals surface area (Å²) >= 11 is 0. The third-order valence-corrected chi connectivity index (χ3v) is 1.79. The summed E-state index contributed by atoms with van der Waals surface area (Å²) in [6.45, 7) is 0. The van der Waals surface area contributed by atoms with E-state index in [2.05, 4.69) is 9.72 Å². The first-order valence-corrected chi connectivity index (χ1v) is 3.92. The van der Waals surface area contributed by atoms with E-state index in [9.17, 15) is 4.79 Å². The van der Waals surface area contributed by atoms with Gasteiger partial charge in [0.1, 0.15) is 11.8 Å². The zero-order valence-electron chi connectivity index (χ0n) is 7.18. The van der Waals surface area contributed by atoms with Gasteiger partial charge in [0.05, 0.1) is 0 Å². The number of aromatic nitrogens is 2.